The molecule has 1 atom stereocenters. The molecule has 1 aliphatic carbocycles. The van der Waals surface area contributed by atoms with Crippen molar-refractivity contribution in [2.45, 2.75) is 12.6 Å². The Kier molecular flexibility index (Phi) is 7.22. The molecule has 3 rings (SSSR count). The average molecular weight is 485 g/mol. The van der Waals surface area contributed by atoms with Crippen molar-refractivity contribution in [2.75, 3.05) is 12.4 Å². The molecule has 0 bridgehead atoms. The quantitative estimate of drug-likeness (QED) is 0.516. The maximum absolute atomic E-state index is 14.4. The summed E-state index contributed by atoms with van der Waals surface area (Å²) in [5, 5.41) is 6.52. The number of aromatic nitrogens is 1. The molecule has 1 aromatic heterocycles. The number of hydrogen-bond donors (Lipinski definition) is 3. The summed E-state index contributed by atoms with van der Waals surface area (Å²) >= 11 is 5.61. The topological polar surface area (TPSA) is 92.4 Å². The minimum Gasteiger partial charge on any atom is -0.457 e. The highest BCUT2D eigenvalue weighted by Crippen LogP contribution is 2.39. The van der Waals surface area contributed by atoms with Crippen LogP contribution >= 0.6 is 11.6 Å². The number of hydrogen-bond acceptors (Lipinski definition) is 4. The van der Waals surface area contributed by atoms with Crippen molar-refractivity contribution in [3.63, 3.8) is 0 Å². The summed E-state index contributed by atoms with van der Waals surface area (Å²) in [6.45, 7) is 0. The third kappa shape index (κ3) is 6.22. The molecule has 174 valence electrons. The smallest absolute Gasteiger partial charge is 0.396 e. The second kappa shape index (κ2) is 9.90. The van der Waals surface area contributed by atoms with Crippen molar-refractivity contribution in [2.24, 2.45) is 5.92 Å². The number of carbonyl (C=O) groups excluding carboxylic acids is 2. The molecular formula is C21H17ClF4N4O3. The summed E-state index contributed by atoms with van der Waals surface area (Å²) in [6.07, 6.45) is -1.46. The predicted molar refractivity (Wildman–Crippen MR) is 112 cm³/mol. The van der Waals surface area contributed by atoms with Crippen molar-refractivity contribution < 1.29 is 31.9 Å². The van der Waals surface area contributed by atoms with E-state index in [0.717, 1.165) is 12.1 Å². The highest BCUT2D eigenvalue weighted by Gasteiger charge is 2.43. The molecule has 12 heteroatoms. The van der Waals surface area contributed by atoms with E-state index in [9.17, 15) is 27.2 Å². The van der Waals surface area contributed by atoms with Gasteiger partial charge >= 0.3 is 12.2 Å². The lowest BCUT2D eigenvalue weighted by Crippen LogP contribution is -2.33. The molecule has 0 saturated carbocycles. The Hall–Kier alpha value is -3.60. The van der Waals surface area contributed by atoms with Gasteiger partial charge in [-0.1, -0.05) is 11.6 Å². The van der Waals surface area contributed by atoms with Gasteiger partial charge in [0.2, 0.25) is 0 Å². The van der Waals surface area contributed by atoms with Crippen LogP contribution in [0, 0.1) is 11.7 Å². The SMILES string of the molecule is CNC(=O)c1cc(Oc2ccc(NC(=O)NC3=CC=C(Cl)C(C(F)(F)F)C3)c(F)c2)ccn1. The van der Waals surface area contributed by atoms with Crippen LogP contribution in [0.2, 0.25) is 0 Å². The van der Waals surface area contributed by atoms with Gasteiger partial charge in [-0.15, -0.1) is 0 Å². The highest BCUT2D eigenvalue weighted by atomic mass is 35.5. The summed E-state index contributed by atoms with van der Waals surface area (Å²) in [6, 6.07) is 5.49. The first kappa shape index (κ1) is 24.1. The van der Waals surface area contributed by atoms with Crippen LogP contribution in [0.15, 0.2) is 59.4 Å². The van der Waals surface area contributed by atoms with E-state index in [1.54, 1.807) is 0 Å². The number of ether oxygens (including phenoxy) is 1. The summed E-state index contributed by atoms with van der Waals surface area (Å²) in [5.41, 5.74) is -0.145. The molecule has 0 aliphatic heterocycles. The minimum atomic E-state index is -4.57. The number of allylic oxidation sites excluding steroid dienone is 4. The van der Waals surface area contributed by atoms with Crippen molar-refractivity contribution in [1.29, 1.82) is 0 Å². The molecule has 1 aromatic carbocycles. The molecule has 2 aromatic rings. The van der Waals surface area contributed by atoms with Crippen molar-refractivity contribution in [1.82, 2.24) is 15.6 Å². The molecule has 0 radical (unpaired) electrons. The van der Waals surface area contributed by atoms with Crippen molar-refractivity contribution in [3.05, 3.63) is 70.9 Å². The number of anilines is 1. The number of pyridine rings is 1. The molecule has 7 nitrogen and oxygen atoms in total. The summed E-state index contributed by atoms with van der Waals surface area (Å²) in [5.74, 6) is -2.89. The van der Waals surface area contributed by atoms with E-state index in [-0.39, 0.29) is 33.6 Å². The van der Waals surface area contributed by atoms with Gasteiger partial charge in [-0.25, -0.2) is 9.18 Å². The van der Waals surface area contributed by atoms with Crippen LogP contribution in [-0.2, 0) is 0 Å². The van der Waals surface area contributed by atoms with Crippen LogP contribution in [0.25, 0.3) is 0 Å². The summed E-state index contributed by atoms with van der Waals surface area (Å²) in [4.78, 5) is 27.7. The van der Waals surface area contributed by atoms with E-state index >= 15 is 0 Å². The normalized spacial score (nSPS) is 15.8. The first-order valence-corrected chi connectivity index (χ1v) is 9.81. The number of nitrogens with zero attached hydrogens (tertiary/aromatic N) is 1. The second-order valence-electron chi connectivity index (χ2n) is 6.82. The Bertz CT molecular complexity index is 1130. The molecule has 33 heavy (non-hydrogen) atoms. The lowest BCUT2D eigenvalue weighted by atomic mass is 9.97. The standard InChI is InChI=1S/C21H17ClF4N4O3/c1-27-19(31)18-10-13(6-7-28-18)33-12-3-5-17(16(23)9-12)30-20(32)29-11-2-4-15(22)14(8-11)21(24,25)26/h2-7,9-10,14H,8H2,1H3,(H,27,31)(H2,29,30,32). The Morgan fingerprint density at radius 3 is 2.52 bits per heavy atom. The van der Waals surface area contributed by atoms with Crippen LogP contribution in [-0.4, -0.2) is 30.1 Å². The maximum Gasteiger partial charge on any atom is 0.396 e. The molecule has 0 spiro atoms. The fourth-order valence-electron chi connectivity index (χ4n) is 2.87. The van der Waals surface area contributed by atoms with E-state index in [1.807, 2.05) is 0 Å². The van der Waals surface area contributed by atoms with E-state index in [4.69, 9.17) is 16.3 Å². The second-order valence-corrected chi connectivity index (χ2v) is 7.26. The lowest BCUT2D eigenvalue weighted by Gasteiger charge is -2.24. The monoisotopic (exact) mass is 484 g/mol. The van der Waals surface area contributed by atoms with Crippen LogP contribution < -0.4 is 20.7 Å². The van der Waals surface area contributed by atoms with Crippen molar-refractivity contribution >= 4 is 29.2 Å². The summed E-state index contributed by atoms with van der Waals surface area (Å²) in [7, 11) is 1.44. The van der Waals surface area contributed by atoms with Gasteiger partial charge in [-0.3, -0.25) is 9.78 Å². The lowest BCUT2D eigenvalue weighted by molar-refractivity contribution is -0.162. The number of benzene rings is 1. The molecular weight excluding hydrogens is 468 g/mol. The Labute approximate surface area is 190 Å². The zero-order chi connectivity index (χ0) is 24.2. The Morgan fingerprint density at radius 1 is 1.12 bits per heavy atom. The van der Waals surface area contributed by atoms with E-state index in [1.165, 1.54) is 43.6 Å². The van der Waals surface area contributed by atoms with Gasteiger partial charge in [0.25, 0.3) is 5.91 Å². The van der Waals surface area contributed by atoms with Gasteiger partial charge in [0.1, 0.15) is 23.0 Å². The van der Waals surface area contributed by atoms with E-state index < -0.39 is 36.3 Å². The fraction of sp³-hybridized carbons (Fsp3) is 0.190. The molecule has 1 aliphatic rings. The number of amides is 3. The van der Waals surface area contributed by atoms with Gasteiger partial charge in [-0.2, -0.15) is 13.2 Å². The first-order chi connectivity index (χ1) is 15.6. The number of halogens is 5. The van der Waals surface area contributed by atoms with Gasteiger partial charge < -0.3 is 20.7 Å². The van der Waals surface area contributed by atoms with Crippen LogP contribution in [0.1, 0.15) is 16.9 Å². The maximum atomic E-state index is 14.4. The molecule has 1 unspecified atom stereocenters. The Balaban J connectivity index is 1.64. The van der Waals surface area contributed by atoms with Crippen molar-refractivity contribution in [3.8, 4) is 11.5 Å². The number of urea groups is 1. The fourth-order valence-corrected chi connectivity index (χ4v) is 3.13. The zero-order valence-electron chi connectivity index (χ0n) is 17.0. The first-order valence-electron chi connectivity index (χ1n) is 9.43. The molecule has 0 saturated heterocycles. The van der Waals surface area contributed by atoms with E-state index in [0.29, 0.717) is 0 Å². The number of rotatable bonds is 5. The average Bonchev–Trinajstić information content (AvgIpc) is 2.76. The number of nitrogens with one attached hydrogen (secondary N) is 3. The van der Waals surface area contributed by atoms with Gasteiger partial charge in [0.15, 0.2) is 0 Å². The molecule has 0 fully saturated rings. The minimum absolute atomic E-state index is 0.0239. The third-order valence-electron chi connectivity index (χ3n) is 4.49. The van der Waals surface area contributed by atoms with E-state index in [2.05, 4.69) is 20.9 Å². The summed E-state index contributed by atoms with van der Waals surface area (Å²) < 4.78 is 59.0. The molecule has 3 amide bonds. The Morgan fingerprint density at radius 2 is 1.85 bits per heavy atom. The molecule has 1 heterocycles. The number of carbonyl (C=O) groups is 2. The van der Waals surface area contributed by atoms with Crippen LogP contribution in [0.5, 0.6) is 11.5 Å². The third-order valence-corrected chi connectivity index (χ3v) is 4.87. The predicted octanol–water partition coefficient (Wildman–Crippen LogP) is 5.08. The van der Waals surface area contributed by atoms with Gasteiger partial charge in [0.05, 0.1) is 11.6 Å². The van der Waals surface area contributed by atoms with Crippen LogP contribution in [0.4, 0.5) is 28.0 Å². The zero-order valence-corrected chi connectivity index (χ0v) is 17.7. The van der Waals surface area contributed by atoms with Gasteiger partial charge in [-0.05, 0) is 30.4 Å². The van der Waals surface area contributed by atoms with Crippen LogP contribution in [0.3, 0.4) is 0 Å². The highest BCUT2D eigenvalue weighted by molar-refractivity contribution is 6.30. The molecule has 3 N–H and O–H groups in total. The largest absolute Gasteiger partial charge is 0.457 e. The van der Waals surface area contributed by atoms with Gasteiger partial charge in [0, 0.05) is 42.5 Å². The number of alkyl halides is 3.